The molecule has 0 unspecified atom stereocenters. The van der Waals surface area contributed by atoms with Gasteiger partial charge >= 0.3 is 0 Å². The van der Waals surface area contributed by atoms with Gasteiger partial charge in [0.25, 0.3) is 0 Å². The van der Waals surface area contributed by atoms with E-state index in [4.69, 9.17) is 0 Å². The largest absolute Gasteiger partial charge is 0.299 e. The summed E-state index contributed by atoms with van der Waals surface area (Å²) in [6, 6.07) is 0. The van der Waals surface area contributed by atoms with Crippen LogP contribution in [-0.2, 0) is 9.59 Å². The van der Waals surface area contributed by atoms with Crippen LogP contribution in [0.5, 0.6) is 0 Å². The third kappa shape index (κ3) is 1.91. The highest BCUT2D eigenvalue weighted by atomic mass is 16.1. The number of rotatable bonds is 0. The summed E-state index contributed by atoms with van der Waals surface area (Å²) in [6.45, 7) is 6.62. The lowest BCUT2D eigenvalue weighted by Crippen LogP contribution is -2.43. The van der Waals surface area contributed by atoms with Crippen molar-refractivity contribution in [3.05, 3.63) is 11.6 Å². The molecule has 3 aliphatic carbocycles. The molecule has 0 aliphatic heterocycles. The molecule has 3 aliphatic rings. The van der Waals surface area contributed by atoms with Gasteiger partial charge in [-0.05, 0) is 43.4 Å². The molecule has 3 rings (SSSR count). The fourth-order valence-electron chi connectivity index (χ4n) is 4.77. The van der Waals surface area contributed by atoms with Gasteiger partial charge < -0.3 is 0 Å². The monoisotopic (exact) mass is 274 g/mol. The van der Waals surface area contributed by atoms with Crippen molar-refractivity contribution in [1.29, 1.82) is 0 Å². The molecule has 0 aromatic carbocycles. The molecule has 3 atom stereocenters. The highest BCUT2D eigenvalue weighted by Crippen LogP contribution is 2.53. The normalized spacial score (nSPS) is 43.0. The summed E-state index contributed by atoms with van der Waals surface area (Å²) in [7, 11) is 0. The maximum absolute atomic E-state index is 12.9. The molecular weight excluding hydrogens is 248 g/mol. The van der Waals surface area contributed by atoms with Gasteiger partial charge in [0.1, 0.15) is 11.6 Å². The van der Waals surface area contributed by atoms with Crippen LogP contribution < -0.4 is 0 Å². The molecule has 2 heteroatoms. The van der Waals surface area contributed by atoms with E-state index in [2.05, 4.69) is 26.8 Å². The molecule has 0 aromatic heterocycles. The number of hydrogen-bond donors (Lipinski definition) is 0. The molecular formula is C18H26O2. The molecule has 20 heavy (non-hydrogen) atoms. The Balaban J connectivity index is 2.03. The SMILES string of the molecule is CC1(C)/C2=C/C[C@@H]3C(=O)CCC[C@@]3(C)C(=O)C[C@H]1CC2. The van der Waals surface area contributed by atoms with Gasteiger partial charge in [-0.3, -0.25) is 9.59 Å². The predicted molar refractivity (Wildman–Crippen MR) is 79.3 cm³/mol. The van der Waals surface area contributed by atoms with Gasteiger partial charge in [0.05, 0.1) is 0 Å². The number of carbonyl (C=O) groups excluding carboxylic acids is 2. The van der Waals surface area contributed by atoms with Crippen molar-refractivity contribution >= 4 is 11.6 Å². The van der Waals surface area contributed by atoms with Crippen molar-refractivity contribution in [3.63, 3.8) is 0 Å². The molecule has 0 aromatic rings. The first-order valence-corrected chi connectivity index (χ1v) is 8.11. The van der Waals surface area contributed by atoms with Crippen molar-refractivity contribution in [2.45, 2.75) is 65.7 Å². The molecule has 0 radical (unpaired) electrons. The van der Waals surface area contributed by atoms with Crippen molar-refractivity contribution in [2.75, 3.05) is 0 Å². The second kappa shape index (κ2) is 4.54. The minimum absolute atomic E-state index is 0.0635. The zero-order chi connectivity index (χ0) is 14.5. The Morgan fingerprint density at radius 2 is 1.90 bits per heavy atom. The number of ketones is 2. The van der Waals surface area contributed by atoms with Crippen LogP contribution >= 0.6 is 0 Å². The maximum Gasteiger partial charge on any atom is 0.139 e. The minimum Gasteiger partial charge on any atom is -0.299 e. The fraction of sp³-hybridized carbons (Fsp3) is 0.778. The highest BCUT2D eigenvalue weighted by Gasteiger charge is 2.50. The van der Waals surface area contributed by atoms with Gasteiger partial charge in [0.15, 0.2) is 0 Å². The van der Waals surface area contributed by atoms with E-state index in [-0.39, 0.29) is 11.3 Å². The summed E-state index contributed by atoms with van der Waals surface area (Å²) < 4.78 is 0. The van der Waals surface area contributed by atoms with Crippen LogP contribution in [0.3, 0.4) is 0 Å². The highest BCUT2D eigenvalue weighted by molar-refractivity contribution is 5.94. The third-order valence-electron chi connectivity index (χ3n) is 6.56. The summed E-state index contributed by atoms with van der Waals surface area (Å²) in [5.74, 6) is 1.07. The lowest BCUT2D eigenvalue weighted by Gasteiger charge is -2.39. The van der Waals surface area contributed by atoms with Crippen LogP contribution in [0.1, 0.15) is 65.7 Å². The van der Waals surface area contributed by atoms with Crippen molar-refractivity contribution < 1.29 is 9.59 Å². The minimum atomic E-state index is -0.396. The van der Waals surface area contributed by atoms with E-state index in [0.717, 1.165) is 32.1 Å². The molecule has 2 saturated carbocycles. The zero-order valence-electron chi connectivity index (χ0n) is 13.0. The number of hydrogen-bond acceptors (Lipinski definition) is 2. The first kappa shape index (κ1) is 14.0. The Labute approximate surface area is 122 Å². The molecule has 0 spiro atoms. The van der Waals surface area contributed by atoms with Crippen molar-refractivity contribution in [2.24, 2.45) is 22.7 Å². The molecule has 2 nitrogen and oxygen atoms in total. The Bertz CT molecular complexity index is 486. The van der Waals surface area contributed by atoms with E-state index >= 15 is 0 Å². The predicted octanol–water partition coefficient (Wildman–Crippen LogP) is 4.09. The van der Waals surface area contributed by atoms with Gasteiger partial charge in [0.2, 0.25) is 0 Å². The second-order valence-corrected chi connectivity index (χ2v) is 7.84. The van der Waals surface area contributed by atoms with Gasteiger partial charge in [-0.15, -0.1) is 0 Å². The molecule has 2 fully saturated rings. The van der Waals surface area contributed by atoms with Crippen molar-refractivity contribution in [3.8, 4) is 0 Å². The first-order valence-electron chi connectivity index (χ1n) is 8.11. The summed E-state index contributed by atoms with van der Waals surface area (Å²) in [5.41, 5.74) is 1.23. The average Bonchev–Trinajstić information content (AvgIpc) is 2.65. The number of allylic oxidation sites excluding steroid dienone is 2. The van der Waals surface area contributed by atoms with Crippen LogP contribution in [0.2, 0.25) is 0 Å². The topological polar surface area (TPSA) is 34.1 Å². The Morgan fingerprint density at radius 3 is 2.65 bits per heavy atom. The molecule has 110 valence electrons. The smallest absolute Gasteiger partial charge is 0.139 e. The summed E-state index contributed by atoms with van der Waals surface area (Å²) in [5, 5.41) is 0. The van der Waals surface area contributed by atoms with Gasteiger partial charge in [-0.2, -0.15) is 0 Å². The number of fused-ring (bicyclic) bond motifs is 3. The number of carbonyl (C=O) groups is 2. The molecule has 0 amide bonds. The van der Waals surface area contributed by atoms with Crippen LogP contribution in [0, 0.1) is 22.7 Å². The zero-order valence-corrected chi connectivity index (χ0v) is 13.0. The molecule has 0 N–H and O–H groups in total. The van der Waals surface area contributed by atoms with E-state index in [1.807, 2.05) is 0 Å². The lowest BCUT2D eigenvalue weighted by atomic mass is 9.62. The van der Waals surface area contributed by atoms with E-state index in [0.29, 0.717) is 30.3 Å². The lowest BCUT2D eigenvalue weighted by molar-refractivity contribution is -0.143. The maximum atomic E-state index is 12.9. The van der Waals surface area contributed by atoms with Crippen LogP contribution in [0.4, 0.5) is 0 Å². The van der Waals surface area contributed by atoms with Gasteiger partial charge in [-0.1, -0.05) is 32.4 Å². The van der Waals surface area contributed by atoms with Gasteiger partial charge in [0, 0.05) is 24.2 Å². The Hall–Kier alpha value is -0.920. The van der Waals surface area contributed by atoms with E-state index in [9.17, 15) is 9.59 Å². The molecule has 0 saturated heterocycles. The van der Waals surface area contributed by atoms with Gasteiger partial charge in [-0.25, -0.2) is 0 Å². The third-order valence-corrected chi connectivity index (χ3v) is 6.56. The Kier molecular flexibility index (Phi) is 3.19. The quantitative estimate of drug-likeness (QED) is 0.624. The van der Waals surface area contributed by atoms with E-state index in [1.54, 1.807) is 0 Å². The average molecular weight is 274 g/mol. The van der Waals surface area contributed by atoms with Crippen molar-refractivity contribution in [1.82, 2.24) is 0 Å². The number of Topliss-reactive ketones (excluding diaryl/α,β-unsaturated/α-hetero) is 2. The summed E-state index contributed by atoms with van der Waals surface area (Å²) >= 11 is 0. The van der Waals surface area contributed by atoms with Crippen LogP contribution in [0.15, 0.2) is 11.6 Å². The first-order chi connectivity index (χ1) is 9.35. The van der Waals surface area contributed by atoms with E-state index in [1.165, 1.54) is 5.57 Å². The fourth-order valence-corrected chi connectivity index (χ4v) is 4.77. The Morgan fingerprint density at radius 1 is 1.15 bits per heavy atom. The van der Waals surface area contributed by atoms with E-state index < -0.39 is 5.41 Å². The second-order valence-electron chi connectivity index (χ2n) is 7.84. The standard InChI is InChI=1S/C18H26O2/c1-17(2)12-6-7-13(17)11-16(20)18(3)10-4-5-15(19)14(18)9-8-12/h8,13-14H,4-7,9-11H2,1-3H3/b12-8+/t13-,14-,18-/m1/s1. The molecule has 2 bridgehead atoms. The van der Waals surface area contributed by atoms with Crippen LogP contribution in [0.25, 0.3) is 0 Å². The summed E-state index contributed by atoms with van der Waals surface area (Å²) in [4.78, 5) is 25.3. The van der Waals surface area contributed by atoms with Crippen LogP contribution in [-0.4, -0.2) is 11.6 Å². The molecule has 0 heterocycles. The summed E-state index contributed by atoms with van der Waals surface area (Å²) in [6.07, 6.45) is 8.48.